The van der Waals surface area contributed by atoms with Gasteiger partial charge in [-0.25, -0.2) is 4.79 Å². The van der Waals surface area contributed by atoms with Gasteiger partial charge in [-0.05, 0) is 31.0 Å². The molecule has 1 rings (SSSR count). The maximum atomic E-state index is 11.8. The number of likely N-dealkylation sites (tertiary alicyclic amines) is 1. The molecule has 1 aliphatic heterocycles. The van der Waals surface area contributed by atoms with Crippen molar-refractivity contribution in [1.29, 1.82) is 0 Å². The van der Waals surface area contributed by atoms with Gasteiger partial charge < -0.3 is 14.1 Å². The molecule has 2 atom stereocenters. The highest BCUT2D eigenvalue weighted by atomic mass is 28.4. The van der Waals surface area contributed by atoms with Gasteiger partial charge in [0, 0.05) is 6.54 Å². The van der Waals surface area contributed by atoms with Crippen molar-refractivity contribution in [2.45, 2.75) is 63.9 Å². The van der Waals surface area contributed by atoms with Crippen molar-refractivity contribution in [3.8, 4) is 0 Å². The molecule has 4 nitrogen and oxygen atoms in total. The Labute approximate surface area is 124 Å². The monoisotopic (exact) mass is 299 g/mol. The molecule has 0 N–H and O–H groups in total. The summed E-state index contributed by atoms with van der Waals surface area (Å²) in [7, 11) is -0.402. The Bertz CT molecular complexity index is 363. The van der Waals surface area contributed by atoms with Crippen LogP contribution in [0.5, 0.6) is 0 Å². The van der Waals surface area contributed by atoms with Crippen molar-refractivity contribution >= 4 is 14.4 Å². The molecule has 0 saturated carbocycles. The van der Waals surface area contributed by atoms with Gasteiger partial charge in [0.1, 0.15) is 0 Å². The van der Waals surface area contributed by atoms with E-state index in [0.717, 1.165) is 12.8 Å². The van der Waals surface area contributed by atoms with Crippen LogP contribution in [0, 0.1) is 0 Å². The fourth-order valence-electron chi connectivity index (χ4n) is 2.31. The lowest BCUT2D eigenvalue weighted by molar-refractivity contribution is 0.0932. The zero-order valence-corrected chi connectivity index (χ0v) is 14.7. The molecule has 0 bridgehead atoms. The van der Waals surface area contributed by atoms with Gasteiger partial charge in [0.2, 0.25) is 0 Å². The van der Waals surface area contributed by atoms with E-state index < -0.39 is 8.32 Å². The van der Waals surface area contributed by atoms with Crippen molar-refractivity contribution in [2.24, 2.45) is 0 Å². The van der Waals surface area contributed by atoms with Crippen LogP contribution < -0.4 is 0 Å². The molecular formula is C15H29NO3Si. The molecule has 1 fully saturated rings. The van der Waals surface area contributed by atoms with Gasteiger partial charge in [0.05, 0.1) is 19.3 Å². The van der Waals surface area contributed by atoms with Crippen molar-refractivity contribution in [2.75, 3.05) is 13.7 Å². The van der Waals surface area contributed by atoms with Crippen molar-refractivity contribution in [3.05, 3.63) is 12.7 Å². The Morgan fingerprint density at radius 3 is 2.50 bits per heavy atom. The number of carbonyl (C=O) groups excluding carboxylic acids is 1. The van der Waals surface area contributed by atoms with Crippen molar-refractivity contribution in [3.63, 3.8) is 0 Å². The minimum absolute atomic E-state index is 0.0501. The van der Waals surface area contributed by atoms with Crippen LogP contribution in [0.1, 0.15) is 33.6 Å². The Morgan fingerprint density at radius 1 is 1.45 bits per heavy atom. The number of carbonyl (C=O) groups is 1. The van der Waals surface area contributed by atoms with Crippen molar-refractivity contribution < 1.29 is 14.0 Å². The standard InChI is InChI=1S/C15H29NO3Si/c1-8-9-12-13(10-11-16(12)14(17)18-5)19-20(6,7)15(2,3)4/h8,12-13H,1,9-11H2,2-7H3/t12-,13-/m1/s1. The zero-order chi connectivity index (χ0) is 15.6. The Balaban J connectivity index is 2.85. The molecule has 1 heterocycles. The minimum Gasteiger partial charge on any atom is -0.453 e. The molecule has 1 aliphatic rings. The summed E-state index contributed by atoms with van der Waals surface area (Å²) in [6, 6.07) is 0.0501. The van der Waals surface area contributed by atoms with Crippen LogP contribution in [0.4, 0.5) is 4.79 Å². The molecule has 0 aromatic rings. The highest BCUT2D eigenvalue weighted by Gasteiger charge is 2.44. The molecule has 0 unspecified atom stereocenters. The van der Waals surface area contributed by atoms with Gasteiger partial charge >= 0.3 is 6.09 Å². The highest BCUT2D eigenvalue weighted by Crippen LogP contribution is 2.39. The Hall–Kier alpha value is -0.813. The molecule has 0 aliphatic carbocycles. The number of nitrogens with zero attached hydrogens (tertiary/aromatic N) is 1. The average Bonchev–Trinajstić information content (AvgIpc) is 2.70. The summed E-state index contributed by atoms with van der Waals surface area (Å²) in [5.41, 5.74) is 0. The van der Waals surface area contributed by atoms with E-state index in [1.54, 1.807) is 4.90 Å². The van der Waals surface area contributed by atoms with E-state index in [9.17, 15) is 4.79 Å². The molecule has 20 heavy (non-hydrogen) atoms. The highest BCUT2D eigenvalue weighted by molar-refractivity contribution is 6.74. The quantitative estimate of drug-likeness (QED) is 0.585. The summed E-state index contributed by atoms with van der Waals surface area (Å²) in [5.74, 6) is 0. The summed E-state index contributed by atoms with van der Waals surface area (Å²) in [6.45, 7) is 15.7. The SMILES string of the molecule is C=CC[C@@H]1[C@H](O[Si](C)(C)C(C)(C)C)CCN1C(=O)OC. The summed E-state index contributed by atoms with van der Waals surface area (Å²) in [5, 5.41) is 0.171. The molecular weight excluding hydrogens is 270 g/mol. The van der Waals surface area contributed by atoms with E-state index in [4.69, 9.17) is 9.16 Å². The maximum absolute atomic E-state index is 11.8. The predicted octanol–water partition coefficient (Wildman–Crippen LogP) is 3.79. The fourth-order valence-corrected chi connectivity index (χ4v) is 3.70. The Morgan fingerprint density at radius 2 is 2.05 bits per heavy atom. The largest absolute Gasteiger partial charge is 0.453 e. The summed E-state index contributed by atoms with van der Waals surface area (Å²) in [4.78, 5) is 13.6. The normalized spacial score (nSPS) is 23.8. The van der Waals surface area contributed by atoms with Crippen LogP contribution >= 0.6 is 0 Å². The van der Waals surface area contributed by atoms with E-state index in [2.05, 4.69) is 40.4 Å². The molecule has 0 aromatic heterocycles. The summed E-state index contributed by atoms with van der Waals surface area (Å²) < 4.78 is 11.4. The predicted molar refractivity (Wildman–Crippen MR) is 84.4 cm³/mol. The second-order valence-corrected chi connectivity index (χ2v) is 11.7. The van der Waals surface area contributed by atoms with Crippen molar-refractivity contribution in [1.82, 2.24) is 4.90 Å². The van der Waals surface area contributed by atoms with Gasteiger partial charge in [-0.1, -0.05) is 26.8 Å². The first-order chi connectivity index (χ1) is 9.14. The van der Waals surface area contributed by atoms with Gasteiger partial charge in [0.25, 0.3) is 0 Å². The average molecular weight is 299 g/mol. The minimum atomic E-state index is -1.83. The second kappa shape index (κ2) is 6.31. The van der Waals surface area contributed by atoms with E-state index in [1.165, 1.54) is 7.11 Å². The number of rotatable bonds is 4. The lowest BCUT2D eigenvalue weighted by Gasteiger charge is -2.40. The summed E-state index contributed by atoms with van der Waals surface area (Å²) in [6.07, 6.45) is 3.30. The molecule has 0 aromatic carbocycles. The number of methoxy groups -OCH3 is 1. The summed E-state index contributed by atoms with van der Waals surface area (Å²) >= 11 is 0. The number of hydrogen-bond acceptors (Lipinski definition) is 3. The first kappa shape index (κ1) is 17.2. The molecule has 1 saturated heterocycles. The first-order valence-electron chi connectivity index (χ1n) is 7.27. The van der Waals surface area contributed by atoms with Gasteiger partial charge in [-0.3, -0.25) is 0 Å². The third-order valence-electron chi connectivity index (χ3n) is 4.55. The van der Waals surface area contributed by atoms with Crippen LogP contribution in [0.15, 0.2) is 12.7 Å². The number of amides is 1. The van der Waals surface area contributed by atoms with Crippen LogP contribution in [0.2, 0.25) is 18.1 Å². The van der Waals surface area contributed by atoms with Crippen LogP contribution in [0.25, 0.3) is 0 Å². The van der Waals surface area contributed by atoms with Crippen LogP contribution in [-0.4, -0.2) is 45.1 Å². The molecule has 0 radical (unpaired) electrons. The molecule has 0 spiro atoms. The molecule has 1 amide bonds. The van der Waals surface area contributed by atoms with E-state index in [1.807, 2.05) is 6.08 Å². The Kier molecular flexibility index (Phi) is 5.44. The number of ether oxygens (including phenoxy) is 1. The number of hydrogen-bond donors (Lipinski definition) is 0. The second-order valence-electron chi connectivity index (χ2n) is 6.96. The van der Waals surface area contributed by atoms with Gasteiger partial charge in [0.15, 0.2) is 8.32 Å². The van der Waals surface area contributed by atoms with E-state index in [0.29, 0.717) is 6.54 Å². The lowest BCUT2D eigenvalue weighted by Crippen LogP contribution is -2.48. The zero-order valence-electron chi connectivity index (χ0n) is 13.7. The van der Waals surface area contributed by atoms with E-state index >= 15 is 0 Å². The van der Waals surface area contributed by atoms with Crippen LogP contribution in [0.3, 0.4) is 0 Å². The topological polar surface area (TPSA) is 38.8 Å². The lowest BCUT2D eigenvalue weighted by atomic mass is 10.1. The fraction of sp³-hybridized carbons (Fsp3) is 0.800. The first-order valence-corrected chi connectivity index (χ1v) is 10.2. The third-order valence-corrected chi connectivity index (χ3v) is 9.06. The van der Waals surface area contributed by atoms with Gasteiger partial charge in [-0.2, -0.15) is 0 Å². The van der Waals surface area contributed by atoms with Gasteiger partial charge in [-0.15, -0.1) is 6.58 Å². The van der Waals surface area contributed by atoms with E-state index in [-0.39, 0.29) is 23.3 Å². The molecule has 5 heteroatoms. The third kappa shape index (κ3) is 3.64. The smallest absolute Gasteiger partial charge is 0.409 e. The molecule has 116 valence electrons. The van der Waals surface area contributed by atoms with Crippen LogP contribution in [-0.2, 0) is 9.16 Å². The maximum Gasteiger partial charge on any atom is 0.409 e.